The molecule has 4 heterocycles. The van der Waals surface area contributed by atoms with Crippen molar-refractivity contribution in [3.05, 3.63) is 54.7 Å². The fourth-order valence-electron chi connectivity index (χ4n) is 5.37. The highest BCUT2D eigenvalue weighted by atomic mass is 15.2. The molecule has 5 N–H and O–H groups in total. The third-order valence-electron chi connectivity index (χ3n) is 7.74. The Labute approximate surface area is 239 Å². The first kappa shape index (κ1) is 28.3. The molecule has 0 aliphatic carbocycles. The van der Waals surface area contributed by atoms with Crippen molar-refractivity contribution in [3.8, 4) is 22.5 Å². The van der Waals surface area contributed by atoms with Gasteiger partial charge in [0, 0.05) is 87.6 Å². The number of rotatable bonds is 12. The van der Waals surface area contributed by atoms with Crippen LogP contribution in [0.2, 0.25) is 0 Å². The van der Waals surface area contributed by atoms with Gasteiger partial charge in [0.05, 0.1) is 11.4 Å². The number of aromatic nitrogens is 2. The summed E-state index contributed by atoms with van der Waals surface area (Å²) in [4.78, 5) is 17.0. The minimum atomic E-state index is 0.743. The van der Waals surface area contributed by atoms with Crippen LogP contribution in [0.3, 0.4) is 0 Å². The number of anilines is 3. The quantitative estimate of drug-likeness (QED) is 0.257. The standard InChI is InChI=1S/C31H45N9/c1-38(16-2-10-32)17-3-11-35-27-22-29(25-4-7-28(8-5-25)39-18-12-33-13-19-39)37-30(23-27)26-6-9-31(36-24-26)40-20-14-34-15-21-40/h4-9,22-24,33-34H,2-3,10-21,32H2,1H3,(H,35,37). The molecule has 0 spiro atoms. The van der Waals surface area contributed by atoms with E-state index in [1.54, 1.807) is 0 Å². The van der Waals surface area contributed by atoms with Gasteiger partial charge in [-0.3, -0.25) is 0 Å². The first-order valence-electron chi connectivity index (χ1n) is 14.8. The molecule has 1 aromatic carbocycles. The van der Waals surface area contributed by atoms with E-state index in [1.807, 2.05) is 6.20 Å². The lowest BCUT2D eigenvalue weighted by Gasteiger charge is -2.29. The third kappa shape index (κ3) is 7.69. The topological polar surface area (TPSA) is 97.6 Å². The lowest BCUT2D eigenvalue weighted by atomic mass is 10.1. The highest BCUT2D eigenvalue weighted by Gasteiger charge is 2.14. The van der Waals surface area contributed by atoms with Crippen molar-refractivity contribution >= 4 is 17.2 Å². The lowest BCUT2D eigenvalue weighted by molar-refractivity contribution is 0.330. The summed E-state index contributed by atoms with van der Waals surface area (Å²) in [7, 11) is 2.17. The van der Waals surface area contributed by atoms with Crippen LogP contribution in [0.4, 0.5) is 17.2 Å². The van der Waals surface area contributed by atoms with Crippen LogP contribution in [-0.4, -0.2) is 100 Å². The Balaban J connectivity index is 1.34. The van der Waals surface area contributed by atoms with Crippen LogP contribution in [-0.2, 0) is 0 Å². The van der Waals surface area contributed by atoms with Gasteiger partial charge in [0.25, 0.3) is 0 Å². The molecule has 2 fully saturated rings. The highest BCUT2D eigenvalue weighted by Crippen LogP contribution is 2.29. The molecule has 2 aliphatic heterocycles. The Hall–Kier alpha value is -3.24. The maximum Gasteiger partial charge on any atom is 0.128 e. The largest absolute Gasteiger partial charge is 0.385 e. The number of pyridine rings is 2. The maximum atomic E-state index is 5.67. The molecule has 0 bridgehead atoms. The van der Waals surface area contributed by atoms with Crippen LogP contribution in [0.1, 0.15) is 12.8 Å². The molecule has 9 nitrogen and oxygen atoms in total. The van der Waals surface area contributed by atoms with Crippen molar-refractivity contribution in [3.63, 3.8) is 0 Å². The van der Waals surface area contributed by atoms with E-state index >= 15 is 0 Å². The second-order valence-electron chi connectivity index (χ2n) is 10.8. The molecule has 0 radical (unpaired) electrons. The van der Waals surface area contributed by atoms with E-state index in [2.05, 4.69) is 86.2 Å². The SMILES string of the molecule is CN(CCCN)CCCNc1cc(-c2ccc(N3CCNCC3)cc2)nc(-c2ccc(N3CCNCC3)nc2)c1. The summed E-state index contributed by atoms with van der Waals surface area (Å²) in [5.41, 5.74) is 12.1. The predicted octanol–water partition coefficient (Wildman–Crippen LogP) is 2.71. The second-order valence-corrected chi connectivity index (χ2v) is 10.8. The van der Waals surface area contributed by atoms with E-state index in [0.29, 0.717) is 0 Å². The van der Waals surface area contributed by atoms with Crippen molar-refractivity contribution in [2.45, 2.75) is 12.8 Å². The number of nitrogens with two attached hydrogens (primary N) is 1. The van der Waals surface area contributed by atoms with Crippen molar-refractivity contribution in [2.75, 3.05) is 101 Å². The van der Waals surface area contributed by atoms with Crippen LogP contribution >= 0.6 is 0 Å². The number of piperazine rings is 2. The van der Waals surface area contributed by atoms with Crippen molar-refractivity contribution in [1.82, 2.24) is 25.5 Å². The molecule has 3 aromatic rings. The van der Waals surface area contributed by atoms with Crippen LogP contribution in [0.25, 0.3) is 22.5 Å². The fraction of sp³-hybridized carbons (Fsp3) is 0.484. The van der Waals surface area contributed by atoms with Gasteiger partial charge in [-0.2, -0.15) is 0 Å². The van der Waals surface area contributed by atoms with Gasteiger partial charge in [-0.15, -0.1) is 0 Å². The highest BCUT2D eigenvalue weighted by molar-refractivity contribution is 5.73. The third-order valence-corrected chi connectivity index (χ3v) is 7.74. The summed E-state index contributed by atoms with van der Waals surface area (Å²) in [6.07, 6.45) is 4.07. The molecule has 2 aliphatic rings. The Kier molecular flexibility index (Phi) is 10.2. The molecule has 0 saturated carbocycles. The van der Waals surface area contributed by atoms with Crippen molar-refractivity contribution in [2.24, 2.45) is 5.73 Å². The molecular formula is C31H45N9. The number of hydrogen-bond donors (Lipinski definition) is 4. The Bertz CT molecular complexity index is 1090. The summed E-state index contributed by atoms with van der Waals surface area (Å²) in [5, 5.41) is 10.5. The van der Waals surface area contributed by atoms with E-state index in [4.69, 9.17) is 15.7 Å². The molecule has 2 saturated heterocycles. The molecular weight excluding hydrogens is 498 g/mol. The van der Waals surface area contributed by atoms with E-state index in [1.165, 1.54) is 5.69 Å². The van der Waals surface area contributed by atoms with Gasteiger partial charge in [0.2, 0.25) is 0 Å². The Morgan fingerprint density at radius 1 is 0.825 bits per heavy atom. The minimum Gasteiger partial charge on any atom is -0.385 e. The van der Waals surface area contributed by atoms with Crippen LogP contribution in [0.5, 0.6) is 0 Å². The zero-order valence-electron chi connectivity index (χ0n) is 23.9. The van der Waals surface area contributed by atoms with Crippen LogP contribution in [0, 0.1) is 0 Å². The normalized spacial score (nSPS) is 16.0. The molecule has 40 heavy (non-hydrogen) atoms. The second kappa shape index (κ2) is 14.4. The van der Waals surface area contributed by atoms with Crippen LogP contribution in [0.15, 0.2) is 54.7 Å². The maximum absolute atomic E-state index is 5.67. The van der Waals surface area contributed by atoms with Gasteiger partial charge in [-0.25, -0.2) is 9.97 Å². The molecule has 0 amide bonds. The number of nitrogens with zero attached hydrogens (tertiary/aromatic N) is 5. The molecule has 9 heteroatoms. The van der Waals surface area contributed by atoms with Gasteiger partial charge in [-0.1, -0.05) is 12.1 Å². The van der Waals surface area contributed by atoms with Gasteiger partial charge < -0.3 is 36.4 Å². The van der Waals surface area contributed by atoms with Gasteiger partial charge in [-0.05, 0) is 75.9 Å². The predicted molar refractivity (Wildman–Crippen MR) is 167 cm³/mol. The lowest BCUT2D eigenvalue weighted by Crippen LogP contribution is -2.43. The minimum absolute atomic E-state index is 0.743. The molecule has 2 aromatic heterocycles. The Morgan fingerprint density at radius 3 is 2.10 bits per heavy atom. The van der Waals surface area contributed by atoms with Gasteiger partial charge >= 0.3 is 0 Å². The smallest absolute Gasteiger partial charge is 0.128 e. The van der Waals surface area contributed by atoms with E-state index < -0.39 is 0 Å². The summed E-state index contributed by atoms with van der Waals surface area (Å²) in [6.45, 7) is 11.8. The van der Waals surface area contributed by atoms with Gasteiger partial charge in [0.15, 0.2) is 0 Å². The molecule has 214 valence electrons. The first-order valence-corrected chi connectivity index (χ1v) is 14.8. The number of benzene rings is 1. The number of nitrogens with one attached hydrogen (secondary N) is 3. The first-order chi connectivity index (χ1) is 19.7. The monoisotopic (exact) mass is 543 g/mol. The summed E-state index contributed by atoms with van der Waals surface area (Å²) < 4.78 is 0. The van der Waals surface area contributed by atoms with Crippen LogP contribution < -0.4 is 31.5 Å². The average Bonchev–Trinajstić information content (AvgIpc) is 3.03. The fourth-order valence-corrected chi connectivity index (χ4v) is 5.37. The summed E-state index contributed by atoms with van der Waals surface area (Å²) >= 11 is 0. The van der Waals surface area contributed by atoms with Gasteiger partial charge in [0.1, 0.15) is 5.82 Å². The van der Waals surface area contributed by atoms with Crippen molar-refractivity contribution in [1.29, 1.82) is 0 Å². The molecule has 5 rings (SSSR count). The van der Waals surface area contributed by atoms with E-state index in [0.717, 1.165) is 125 Å². The zero-order valence-corrected chi connectivity index (χ0v) is 23.9. The van der Waals surface area contributed by atoms with E-state index in [-0.39, 0.29) is 0 Å². The molecule has 0 unspecified atom stereocenters. The van der Waals surface area contributed by atoms with Crippen molar-refractivity contribution < 1.29 is 0 Å². The molecule has 0 atom stereocenters. The summed E-state index contributed by atoms with van der Waals surface area (Å²) in [5.74, 6) is 1.03. The zero-order chi connectivity index (χ0) is 27.6. The summed E-state index contributed by atoms with van der Waals surface area (Å²) in [6, 6.07) is 17.5. The number of hydrogen-bond acceptors (Lipinski definition) is 9. The average molecular weight is 544 g/mol. The Morgan fingerprint density at radius 2 is 1.45 bits per heavy atom. The van der Waals surface area contributed by atoms with E-state index in [9.17, 15) is 0 Å².